The van der Waals surface area contributed by atoms with Crippen molar-refractivity contribution in [1.82, 2.24) is 9.55 Å². The van der Waals surface area contributed by atoms with Crippen LogP contribution < -0.4 is 5.56 Å². The molecule has 0 aliphatic rings. The standard InChI is InChI=1S/C14H18N2O2S2/c1-8(17)6-5-7-19-14-15-12-11(13(18)16(14)4)9(2)10(3)20-12/h5-7H2,1-4H3. The molecule has 0 aliphatic carbocycles. The van der Waals surface area contributed by atoms with Crippen molar-refractivity contribution >= 4 is 39.1 Å². The molecule has 0 aliphatic heterocycles. The number of nitrogens with zero attached hydrogens (tertiary/aromatic N) is 2. The van der Waals surface area contributed by atoms with Gasteiger partial charge in [0.2, 0.25) is 0 Å². The molecule has 6 heteroatoms. The number of carbonyl (C=O) groups excluding carboxylic acids is 1. The Balaban J connectivity index is 2.29. The topological polar surface area (TPSA) is 52.0 Å². The molecule has 0 unspecified atom stereocenters. The molecular formula is C14H18N2O2S2. The van der Waals surface area contributed by atoms with Gasteiger partial charge >= 0.3 is 0 Å². The van der Waals surface area contributed by atoms with Gasteiger partial charge in [0.1, 0.15) is 10.6 Å². The molecule has 0 fully saturated rings. The molecule has 0 N–H and O–H groups in total. The van der Waals surface area contributed by atoms with Crippen LogP contribution in [-0.4, -0.2) is 21.1 Å². The molecule has 2 heterocycles. The van der Waals surface area contributed by atoms with Crippen molar-refractivity contribution in [2.24, 2.45) is 7.05 Å². The van der Waals surface area contributed by atoms with E-state index in [1.165, 1.54) is 11.8 Å². The summed E-state index contributed by atoms with van der Waals surface area (Å²) in [5.41, 5.74) is 1.05. The third-order valence-corrected chi connectivity index (χ3v) is 5.49. The maximum Gasteiger partial charge on any atom is 0.262 e. The van der Waals surface area contributed by atoms with Gasteiger partial charge in [-0.25, -0.2) is 4.98 Å². The van der Waals surface area contributed by atoms with Crippen LogP contribution in [-0.2, 0) is 11.8 Å². The highest BCUT2D eigenvalue weighted by Crippen LogP contribution is 2.28. The zero-order valence-electron chi connectivity index (χ0n) is 12.1. The van der Waals surface area contributed by atoms with Crippen molar-refractivity contribution < 1.29 is 4.79 Å². The van der Waals surface area contributed by atoms with E-state index in [2.05, 4.69) is 4.98 Å². The summed E-state index contributed by atoms with van der Waals surface area (Å²) in [7, 11) is 1.76. The SMILES string of the molecule is CC(=O)CCCSc1nc2sc(C)c(C)c2c(=O)n1C. The molecule has 0 radical (unpaired) electrons. The van der Waals surface area contributed by atoms with Crippen molar-refractivity contribution in [2.45, 2.75) is 38.8 Å². The van der Waals surface area contributed by atoms with Gasteiger partial charge in [-0.2, -0.15) is 0 Å². The number of aromatic nitrogens is 2. The number of hydrogen-bond donors (Lipinski definition) is 0. The van der Waals surface area contributed by atoms with E-state index in [4.69, 9.17) is 0 Å². The Hall–Kier alpha value is -1.14. The van der Waals surface area contributed by atoms with Crippen LogP contribution in [0.3, 0.4) is 0 Å². The van der Waals surface area contributed by atoms with E-state index in [0.717, 1.165) is 38.0 Å². The average molecular weight is 310 g/mol. The van der Waals surface area contributed by atoms with E-state index in [9.17, 15) is 9.59 Å². The summed E-state index contributed by atoms with van der Waals surface area (Å²) in [6.45, 7) is 5.58. The maximum atomic E-state index is 12.4. The summed E-state index contributed by atoms with van der Waals surface area (Å²) >= 11 is 3.11. The quantitative estimate of drug-likeness (QED) is 0.484. The van der Waals surface area contributed by atoms with Gasteiger partial charge in [-0.15, -0.1) is 11.3 Å². The van der Waals surface area contributed by atoms with E-state index in [1.54, 1.807) is 29.9 Å². The summed E-state index contributed by atoms with van der Waals surface area (Å²) in [5.74, 6) is 1.00. The van der Waals surface area contributed by atoms with Gasteiger partial charge in [-0.1, -0.05) is 11.8 Å². The van der Waals surface area contributed by atoms with Crippen LogP contribution in [0.2, 0.25) is 0 Å². The summed E-state index contributed by atoms with van der Waals surface area (Å²) in [5, 5.41) is 1.47. The zero-order valence-corrected chi connectivity index (χ0v) is 13.8. The first-order valence-corrected chi connectivity index (χ1v) is 8.31. The molecule has 0 amide bonds. The average Bonchev–Trinajstić information content (AvgIpc) is 2.66. The normalized spacial score (nSPS) is 11.2. The zero-order chi connectivity index (χ0) is 14.9. The predicted octanol–water partition coefficient (Wildman–Crippen LogP) is 3.07. The molecule has 20 heavy (non-hydrogen) atoms. The molecule has 0 saturated heterocycles. The fraction of sp³-hybridized carbons (Fsp3) is 0.500. The van der Waals surface area contributed by atoms with Crippen LogP contribution in [0.15, 0.2) is 9.95 Å². The summed E-state index contributed by atoms with van der Waals surface area (Å²) < 4.78 is 1.61. The molecule has 108 valence electrons. The second-order valence-electron chi connectivity index (χ2n) is 4.88. The third kappa shape index (κ3) is 2.96. The van der Waals surface area contributed by atoms with E-state index in [-0.39, 0.29) is 11.3 Å². The van der Waals surface area contributed by atoms with E-state index < -0.39 is 0 Å². The fourth-order valence-corrected chi connectivity index (χ4v) is 3.95. The van der Waals surface area contributed by atoms with Gasteiger partial charge in [-0.05, 0) is 32.8 Å². The summed E-state index contributed by atoms with van der Waals surface area (Å²) in [6.07, 6.45) is 1.40. The fourth-order valence-electron chi connectivity index (χ4n) is 1.97. The number of aryl methyl sites for hydroxylation is 2. The Bertz CT molecular complexity index is 716. The minimum atomic E-state index is 0.0194. The smallest absolute Gasteiger partial charge is 0.262 e. The van der Waals surface area contributed by atoms with E-state index >= 15 is 0 Å². The number of thiophene rings is 1. The third-order valence-electron chi connectivity index (χ3n) is 3.27. The van der Waals surface area contributed by atoms with Crippen molar-refractivity contribution in [3.63, 3.8) is 0 Å². The number of carbonyl (C=O) groups is 1. The van der Waals surface area contributed by atoms with Crippen molar-refractivity contribution in [3.05, 3.63) is 20.8 Å². The number of Topliss-reactive ketones (excluding diaryl/α,β-unsaturated/α-hetero) is 1. The Morgan fingerprint density at radius 3 is 2.75 bits per heavy atom. The first kappa shape index (κ1) is 15.3. The first-order valence-electron chi connectivity index (χ1n) is 6.50. The van der Waals surface area contributed by atoms with E-state index in [0.29, 0.717) is 6.42 Å². The monoisotopic (exact) mass is 310 g/mol. The second-order valence-corrected chi connectivity index (χ2v) is 7.14. The van der Waals surface area contributed by atoms with Gasteiger partial charge in [-0.3, -0.25) is 9.36 Å². The number of hydrogen-bond acceptors (Lipinski definition) is 5. The molecular weight excluding hydrogens is 292 g/mol. The molecule has 0 saturated carbocycles. The van der Waals surface area contributed by atoms with E-state index in [1.807, 2.05) is 13.8 Å². The Labute approximate surface area is 126 Å². The molecule has 0 spiro atoms. The lowest BCUT2D eigenvalue weighted by Crippen LogP contribution is -2.19. The lowest BCUT2D eigenvalue weighted by molar-refractivity contribution is -0.117. The van der Waals surface area contributed by atoms with Crippen molar-refractivity contribution in [3.8, 4) is 0 Å². The molecule has 4 nitrogen and oxygen atoms in total. The van der Waals surface area contributed by atoms with Crippen LogP contribution in [0, 0.1) is 13.8 Å². The first-order chi connectivity index (χ1) is 9.41. The van der Waals surface area contributed by atoms with Crippen LogP contribution in [0.1, 0.15) is 30.2 Å². The van der Waals surface area contributed by atoms with Crippen LogP contribution in [0.4, 0.5) is 0 Å². The Morgan fingerprint density at radius 2 is 2.10 bits per heavy atom. The number of fused-ring (bicyclic) bond motifs is 1. The highest BCUT2D eigenvalue weighted by Gasteiger charge is 2.14. The van der Waals surface area contributed by atoms with Crippen molar-refractivity contribution in [1.29, 1.82) is 0 Å². The molecule has 2 rings (SSSR count). The molecule has 0 aromatic carbocycles. The molecule has 0 atom stereocenters. The minimum Gasteiger partial charge on any atom is -0.300 e. The molecule has 0 bridgehead atoms. The van der Waals surface area contributed by atoms with Gasteiger partial charge in [0.05, 0.1) is 5.39 Å². The summed E-state index contributed by atoms with van der Waals surface area (Å²) in [4.78, 5) is 29.9. The summed E-state index contributed by atoms with van der Waals surface area (Å²) in [6, 6.07) is 0. The van der Waals surface area contributed by atoms with Crippen LogP contribution in [0.25, 0.3) is 10.2 Å². The highest BCUT2D eigenvalue weighted by atomic mass is 32.2. The second kappa shape index (κ2) is 6.10. The van der Waals surface area contributed by atoms with Gasteiger partial charge in [0.15, 0.2) is 5.16 Å². The van der Waals surface area contributed by atoms with Gasteiger partial charge < -0.3 is 4.79 Å². The highest BCUT2D eigenvalue weighted by molar-refractivity contribution is 7.99. The van der Waals surface area contributed by atoms with Crippen LogP contribution in [0.5, 0.6) is 0 Å². The predicted molar refractivity (Wildman–Crippen MR) is 85.0 cm³/mol. The van der Waals surface area contributed by atoms with Gasteiger partial charge in [0, 0.05) is 24.1 Å². The Morgan fingerprint density at radius 1 is 1.40 bits per heavy atom. The minimum absolute atomic E-state index is 0.0194. The number of ketones is 1. The largest absolute Gasteiger partial charge is 0.300 e. The van der Waals surface area contributed by atoms with Crippen LogP contribution >= 0.6 is 23.1 Å². The van der Waals surface area contributed by atoms with Crippen molar-refractivity contribution in [2.75, 3.05) is 5.75 Å². The lowest BCUT2D eigenvalue weighted by atomic mass is 10.2. The maximum absolute atomic E-state index is 12.4. The Kier molecular flexibility index (Phi) is 4.65. The number of thioether (sulfide) groups is 1. The number of rotatable bonds is 5. The molecule has 2 aromatic heterocycles. The van der Waals surface area contributed by atoms with Gasteiger partial charge in [0.25, 0.3) is 5.56 Å². The lowest BCUT2D eigenvalue weighted by Gasteiger charge is -2.06. The molecule has 2 aromatic rings.